The van der Waals surface area contributed by atoms with Crippen LogP contribution in [0.3, 0.4) is 0 Å². The van der Waals surface area contributed by atoms with Crippen LogP contribution in [0.2, 0.25) is 0 Å². The van der Waals surface area contributed by atoms with Crippen LogP contribution in [0.25, 0.3) is 0 Å². The third-order valence-electron chi connectivity index (χ3n) is 6.80. The Morgan fingerprint density at radius 1 is 1.19 bits per heavy atom. The standard InChI is InChI=1S/C19H32N4O3/c1-2-26-17(24)14-10-19(21-13-14)11-16(12-19)22-8-4-15(5-9-22)23-7-3-6-20-18(23)25/h14-16,21H,2-13H2,1H3,(H,20,25). The Morgan fingerprint density at radius 3 is 2.65 bits per heavy atom. The maximum Gasteiger partial charge on any atom is 0.317 e. The topological polar surface area (TPSA) is 73.9 Å². The van der Waals surface area contributed by atoms with Crippen LogP contribution in [-0.4, -0.2) is 78.8 Å². The summed E-state index contributed by atoms with van der Waals surface area (Å²) in [5.41, 5.74) is 0.158. The zero-order chi connectivity index (χ0) is 18.1. The van der Waals surface area contributed by atoms with E-state index in [-0.39, 0.29) is 23.5 Å². The number of esters is 1. The van der Waals surface area contributed by atoms with Crippen LogP contribution >= 0.6 is 0 Å². The number of carbonyl (C=O) groups excluding carboxylic acids is 2. The van der Waals surface area contributed by atoms with Gasteiger partial charge in [0.15, 0.2) is 0 Å². The van der Waals surface area contributed by atoms with E-state index in [0.29, 0.717) is 18.7 Å². The first kappa shape index (κ1) is 18.0. The fraction of sp³-hybridized carbons (Fsp3) is 0.895. The van der Waals surface area contributed by atoms with Crippen molar-refractivity contribution >= 4 is 12.0 Å². The summed E-state index contributed by atoms with van der Waals surface area (Å²) in [6.45, 7) is 6.98. The second-order valence-corrected chi connectivity index (χ2v) is 8.42. The van der Waals surface area contributed by atoms with Crippen molar-refractivity contribution in [2.45, 2.75) is 63.1 Å². The molecule has 0 aromatic carbocycles. The number of hydrogen-bond acceptors (Lipinski definition) is 5. The molecular formula is C19H32N4O3. The number of likely N-dealkylation sites (tertiary alicyclic amines) is 1. The van der Waals surface area contributed by atoms with Crippen molar-refractivity contribution < 1.29 is 14.3 Å². The zero-order valence-electron chi connectivity index (χ0n) is 15.8. The van der Waals surface area contributed by atoms with Crippen molar-refractivity contribution in [2.24, 2.45) is 5.92 Å². The van der Waals surface area contributed by atoms with Gasteiger partial charge in [-0.05, 0) is 45.4 Å². The molecule has 4 fully saturated rings. The predicted molar refractivity (Wildman–Crippen MR) is 97.8 cm³/mol. The normalized spacial score (nSPS) is 36.0. The van der Waals surface area contributed by atoms with Gasteiger partial charge < -0.3 is 25.2 Å². The van der Waals surface area contributed by atoms with Gasteiger partial charge in [-0.25, -0.2) is 4.79 Å². The molecule has 1 saturated carbocycles. The van der Waals surface area contributed by atoms with E-state index in [1.165, 1.54) is 0 Å². The Kier molecular flexibility index (Phi) is 5.10. The SMILES string of the molecule is CCOC(=O)C1CNC2(C1)CC(N1CCC(N3CCCNC3=O)CC1)C2. The maximum absolute atomic E-state index is 12.0. The minimum Gasteiger partial charge on any atom is -0.466 e. The fourth-order valence-electron chi connectivity index (χ4n) is 5.35. The summed E-state index contributed by atoms with van der Waals surface area (Å²) in [5, 5.41) is 6.57. The lowest BCUT2D eigenvalue weighted by atomic mass is 9.69. The Bertz CT molecular complexity index is 541. The number of nitrogens with one attached hydrogen (secondary N) is 2. The number of piperidine rings is 1. The highest BCUT2D eigenvalue weighted by Crippen LogP contribution is 2.44. The number of hydrogen-bond donors (Lipinski definition) is 2. The van der Waals surface area contributed by atoms with Gasteiger partial charge in [0.1, 0.15) is 0 Å². The summed E-state index contributed by atoms with van der Waals surface area (Å²) in [6.07, 6.45) is 6.41. The molecule has 1 spiro atoms. The van der Waals surface area contributed by atoms with Crippen molar-refractivity contribution in [1.29, 1.82) is 0 Å². The van der Waals surface area contributed by atoms with Gasteiger partial charge in [-0.1, -0.05) is 0 Å². The average molecular weight is 364 g/mol. The molecule has 146 valence electrons. The first-order valence-corrected chi connectivity index (χ1v) is 10.3. The Hall–Kier alpha value is -1.34. The molecule has 7 heteroatoms. The summed E-state index contributed by atoms with van der Waals surface area (Å²) in [6, 6.07) is 1.15. The van der Waals surface area contributed by atoms with Crippen molar-refractivity contribution in [3.8, 4) is 0 Å². The molecule has 7 nitrogen and oxygen atoms in total. The van der Waals surface area contributed by atoms with Gasteiger partial charge in [0, 0.05) is 50.3 Å². The largest absolute Gasteiger partial charge is 0.466 e. The highest BCUT2D eigenvalue weighted by molar-refractivity contribution is 5.75. The number of carbonyl (C=O) groups is 2. The molecule has 26 heavy (non-hydrogen) atoms. The molecule has 3 aliphatic heterocycles. The summed E-state index contributed by atoms with van der Waals surface area (Å²) >= 11 is 0. The van der Waals surface area contributed by atoms with E-state index in [0.717, 1.165) is 71.2 Å². The van der Waals surface area contributed by atoms with E-state index in [4.69, 9.17) is 4.74 Å². The minimum absolute atomic E-state index is 0.0271. The molecule has 3 saturated heterocycles. The van der Waals surface area contributed by atoms with E-state index < -0.39 is 0 Å². The Morgan fingerprint density at radius 2 is 1.96 bits per heavy atom. The van der Waals surface area contributed by atoms with E-state index in [2.05, 4.69) is 15.5 Å². The molecule has 1 unspecified atom stereocenters. The molecule has 0 radical (unpaired) electrons. The molecule has 1 atom stereocenters. The molecule has 0 aromatic heterocycles. The number of rotatable bonds is 4. The lowest BCUT2D eigenvalue weighted by Gasteiger charge is -2.52. The van der Waals surface area contributed by atoms with Crippen LogP contribution in [0.1, 0.15) is 45.4 Å². The molecular weight excluding hydrogens is 332 g/mol. The van der Waals surface area contributed by atoms with Crippen molar-refractivity contribution in [2.75, 3.05) is 39.3 Å². The lowest BCUT2D eigenvalue weighted by molar-refractivity contribution is -0.147. The third kappa shape index (κ3) is 3.43. The lowest BCUT2D eigenvalue weighted by Crippen LogP contribution is -2.62. The second-order valence-electron chi connectivity index (χ2n) is 8.42. The number of amides is 2. The molecule has 0 bridgehead atoms. The van der Waals surface area contributed by atoms with Crippen LogP contribution in [0.4, 0.5) is 4.79 Å². The molecule has 2 amide bonds. The van der Waals surface area contributed by atoms with E-state index in [1.807, 2.05) is 11.8 Å². The van der Waals surface area contributed by atoms with Crippen molar-refractivity contribution in [1.82, 2.24) is 20.4 Å². The van der Waals surface area contributed by atoms with Gasteiger partial charge in [-0.2, -0.15) is 0 Å². The highest BCUT2D eigenvalue weighted by Gasteiger charge is 2.52. The van der Waals surface area contributed by atoms with Crippen molar-refractivity contribution in [3.05, 3.63) is 0 Å². The van der Waals surface area contributed by atoms with Crippen LogP contribution < -0.4 is 10.6 Å². The monoisotopic (exact) mass is 364 g/mol. The summed E-state index contributed by atoms with van der Waals surface area (Å²) in [7, 11) is 0. The van der Waals surface area contributed by atoms with Gasteiger partial charge in [0.25, 0.3) is 0 Å². The quantitative estimate of drug-likeness (QED) is 0.727. The molecule has 0 aromatic rings. The minimum atomic E-state index is -0.0408. The number of ether oxygens (including phenoxy) is 1. The second kappa shape index (κ2) is 7.35. The van der Waals surface area contributed by atoms with Crippen molar-refractivity contribution in [3.63, 3.8) is 0 Å². The van der Waals surface area contributed by atoms with Gasteiger partial charge in [-0.15, -0.1) is 0 Å². The number of nitrogens with zero attached hydrogens (tertiary/aromatic N) is 2. The molecule has 1 aliphatic carbocycles. The fourth-order valence-corrected chi connectivity index (χ4v) is 5.35. The molecule has 2 N–H and O–H groups in total. The van der Waals surface area contributed by atoms with Gasteiger partial charge in [0.2, 0.25) is 0 Å². The molecule has 4 aliphatic rings. The van der Waals surface area contributed by atoms with Gasteiger partial charge in [0.05, 0.1) is 12.5 Å². The number of urea groups is 1. The van der Waals surface area contributed by atoms with Crippen LogP contribution in [-0.2, 0) is 9.53 Å². The smallest absolute Gasteiger partial charge is 0.317 e. The van der Waals surface area contributed by atoms with Gasteiger partial charge in [-0.3, -0.25) is 4.79 Å². The predicted octanol–water partition coefficient (Wildman–Crippen LogP) is 0.940. The molecule has 3 heterocycles. The first-order chi connectivity index (χ1) is 12.6. The summed E-state index contributed by atoms with van der Waals surface area (Å²) in [5.74, 6) is -0.0137. The van der Waals surface area contributed by atoms with E-state index in [9.17, 15) is 9.59 Å². The average Bonchev–Trinajstić information content (AvgIpc) is 3.07. The van der Waals surface area contributed by atoms with E-state index >= 15 is 0 Å². The van der Waals surface area contributed by atoms with Crippen LogP contribution in [0.5, 0.6) is 0 Å². The van der Waals surface area contributed by atoms with Gasteiger partial charge >= 0.3 is 12.0 Å². The Labute approximate surface area is 155 Å². The molecule has 4 rings (SSSR count). The van der Waals surface area contributed by atoms with E-state index in [1.54, 1.807) is 0 Å². The maximum atomic E-state index is 12.0. The highest BCUT2D eigenvalue weighted by atomic mass is 16.5. The summed E-state index contributed by atoms with van der Waals surface area (Å²) < 4.78 is 5.18. The first-order valence-electron chi connectivity index (χ1n) is 10.3. The Balaban J connectivity index is 1.22. The zero-order valence-corrected chi connectivity index (χ0v) is 15.8. The van der Waals surface area contributed by atoms with Crippen LogP contribution in [0.15, 0.2) is 0 Å². The van der Waals surface area contributed by atoms with Crippen LogP contribution in [0, 0.1) is 5.92 Å². The summed E-state index contributed by atoms with van der Waals surface area (Å²) in [4.78, 5) is 28.6. The third-order valence-corrected chi connectivity index (χ3v) is 6.80.